The molecule has 0 amide bonds. The van der Waals surface area contributed by atoms with E-state index in [0.29, 0.717) is 11.1 Å². The summed E-state index contributed by atoms with van der Waals surface area (Å²) in [6.45, 7) is 3.91. The number of nitrogens with zero attached hydrogens (tertiary/aromatic N) is 2. The van der Waals surface area contributed by atoms with Crippen LogP contribution in [0.3, 0.4) is 0 Å². The molecule has 4 rings (SSSR count). The second kappa shape index (κ2) is 8.86. The monoisotopic (exact) mass is 467 g/mol. The molecule has 2 heterocycles. The molecule has 0 radical (unpaired) electrons. The largest absolute Gasteiger partial charge is 0.322 e. The van der Waals surface area contributed by atoms with Gasteiger partial charge in [0.15, 0.2) is 0 Å². The van der Waals surface area contributed by atoms with Crippen LogP contribution < -0.4 is 5.56 Å². The normalized spacial score (nSPS) is 11.9. The fourth-order valence-electron chi connectivity index (χ4n) is 3.54. The van der Waals surface area contributed by atoms with Gasteiger partial charge in [-0.3, -0.25) is 9.78 Å². The lowest BCUT2D eigenvalue weighted by Gasteiger charge is -2.23. The number of pyridine rings is 2. The molecule has 0 bridgehead atoms. The molecule has 32 heavy (non-hydrogen) atoms. The quantitative estimate of drug-likeness (QED) is 0.449. The zero-order valence-corrected chi connectivity index (χ0v) is 19.2. The van der Waals surface area contributed by atoms with Crippen LogP contribution in [0, 0.1) is 13.8 Å². The van der Waals surface area contributed by atoms with Gasteiger partial charge in [-0.05, 0) is 72.3 Å². The van der Waals surface area contributed by atoms with Crippen LogP contribution in [0.25, 0.3) is 10.9 Å². The number of fused-ring (bicyclic) bond motifs is 1. The van der Waals surface area contributed by atoms with E-state index in [1.54, 1.807) is 42.7 Å². The van der Waals surface area contributed by atoms with Crippen molar-refractivity contribution in [2.24, 2.45) is 0 Å². The highest BCUT2D eigenvalue weighted by Crippen LogP contribution is 2.27. The van der Waals surface area contributed by atoms with Crippen molar-refractivity contribution in [1.82, 2.24) is 14.3 Å². The molecule has 0 aliphatic rings. The van der Waals surface area contributed by atoms with Crippen LogP contribution in [0.5, 0.6) is 0 Å². The summed E-state index contributed by atoms with van der Waals surface area (Å²) in [4.78, 5) is 19.8. The van der Waals surface area contributed by atoms with Gasteiger partial charge in [0.05, 0.1) is 5.02 Å². The summed E-state index contributed by atoms with van der Waals surface area (Å²) in [7, 11) is -3.99. The number of H-pyrrole nitrogens is 1. The van der Waals surface area contributed by atoms with Crippen LogP contribution >= 0.6 is 11.6 Å². The average Bonchev–Trinajstić information content (AvgIpc) is 2.76. The number of hydrogen-bond acceptors (Lipinski definition) is 4. The number of hydrogen-bond donors (Lipinski definition) is 1. The Morgan fingerprint density at radius 3 is 2.47 bits per heavy atom. The Morgan fingerprint density at radius 2 is 1.75 bits per heavy atom. The fraction of sp³-hybridized carbons (Fsp3) is 0.167. The minimum absolute atomic E-state index is 0.00533. The van der Waals surface area contributed by atoms with Gasteiger partial charge < -0.3 is 4.98 Å². The summed E-state index contributed by atoms with van der Waals surface area (Å²) in [6.07, 6.45) is 3.22. The van der Waals surface area contributed by atoms with Crippen molar-refractivity contribution in [2.75, 3.05) is 0 Å². The van der Waals surface area contributed by atoms with Crippen molar-refractivity contribution < 1.29 is 8.42 Å². The van der Waals surface area contributed by atoms with Crippen molar-refractivity contribution in [3.8, 4) is 0 Å². The van der Waals surface area contributed by atoms with Gasteiger partial charge in [-0.25, -0.2) is 8.42 Å². The van der Waals surface area contributed by atoms with E-state index in [0.717, 1.165) is 22.0 Å². The van der Waals surface area contributed by atoms with Gasteiger partial charge in [0, 0.05) is 36.6 Å². The summed E-state index contributed by atoms with van der Waals surface area (Å²) < 4.78 is 28.3. The summed E-state index contributed by atoms with van der Waals surface area (Å²) in [5, 5.41) is 0.973. The molecule has 2 aromatic carbocycles. The molecule has 2 aromatic heterocycles. The highest BCUT2D eigenvalue weighted by molar-refractivity contribution is 7.89. The highest BCUT2D eigenvalue weighted by atomic mass is 35.5. The Hall–Kier alpha value is -3.00. The summed E-state index contributed by atoms with van der Waals surface area (Å²) >= 11 is 6.21. The zero-order chi connectivity index (χ0) is 22.9. The Bertz CT molecular complexity index is 1450. The maximum Gasteiger partial charge on any atom is 0.252 e. The third kappa shape index (κ3) is 4.46. The van der Waals surface area contributed by atoms with E-state index in [1.807, 2.05) is 26.0 Å². The number of aromatic nitrogens is 2. The third-order valence-corrected chi connectivity index (χ3v) is 7.71. The molecular weight excluding hydrogens is 446 g/mol. The first kappa shape index (κ1) is 22.2. The highest BCUT2D eigenvalue weighted by Gasteiger charge is 2.28. The van der Waals surface area contributed by atoms with E-state index in [9.17, 15) is 13.2 Å². The van der Waals surface area contributed by atoms with Gasteiger partial charge in [-0.2, -0.15) is 4.31 Å². The Morgan fingerprint density at radius 1 is 1.00 bits per heavy atom. The Balaban J connectivity index is 1.80. The van der Waals surface area contributed by atoms with Crippen LogP contribution in [-0.2, 0) is 23.1 Å². The second-order valence-electron chi connectivity index (χ2n) is 7.71. The fourth-order valence-corrected chi connectivity index (χ4v) is 5.44. The van der Waals surface area contributed by atoms with Gasteiger partial charge in [-0.1, -0.05) is 29.8 Å². The number of nitrogens with one attached hydrogen (secondary N) is 1. The van der Waals surface area contributed by atoms with E-state index < -0.39 is 10.0 Å². The van der Waals surface area contributed by atoms with Crippen LogP contribution in [0.1, 0.15) is 22.3 Å². The number of halogens is 1. The molecule has 6 nitrogen and oxygen atoms in total. The lowest BCUT2D eigenvalue weighted by atomic mass is 10.0. The number of benzene rings is 2. The first-order valence-corrected chi connectivity index (χ1v) is 11.8. The van der Waals surface area contributed by atoms with Crippen molar-refractivity contribution in [1.29, 1.82) is 0 Å². The number of rotatable bonds is 6. The molecule has 0 unspecified atom stereocenters. The Labute approximate surface area is 191 Å². The zero-order valence-electron chi connectivity index (χ0n) is 17.7. The maximum atomic E-state index is 13.5. The van der Waals surface area contributed by atoms with Gasteiger partial charge in [-0.15, -0.1) is 0 Å². The van der Waals surface area contributed by atoms with Crippen molar-refractivity contribution in [3.05, 3.63) is 105 Å². The minimum atomic E-state index is -3.99. The molecule has 164 valence electrons. The SMILES string of the molecule is Cc1cc2cc(CN(Cc3cccnc3)S(=O)(=O)c3ccccc3Cl)c(=O)[nH]c2cc1C. The standard InChI is InChI=1S/C24H22ClN3O3S/c1-16-10-19-12-20(24(29)27-22(19)11-17(16)2)15-28(14-18-6-5-9-26-13-18)32(30,31)23-8-4-3-7-21(23)25/h3-13H,14-15H2,1-2H3,(H,27,29). The first-order valence-electron chi connectivity index (χ1n) is 10.0. The molecular formula is C24H22ClN3O3S. The number of aromatic amines is 1. The van der Waals surface area contributed by atoms with Crippen LogP contribution in [0.4, 0.5) is 0 Å². The molecule has 0 atom stereocenters. The minimum Gasteiger partial charge on any atom is -0.322 e. The second-order valence-corrected chi connectivity index (χ2v) is 10.0. The molecule has 8 heteroatoms. The molecule has 0 fully saturated rings. The molecule has 0 aliphatic heterocycles. The lowest BCUT2D eigenvalue weighted by molar-refractivity contribution is 0.399. The van der Waals surface area contributed by atoms with Crippen molar-refractivity contribution in [3.63, 3.8) is 0 Å². The third-order valence-electron chi connectivity index (χ3n) is 5.42. The van der Waals surface area contributed by atoms with E-state index in [4.69, 9.17) is 11.6 Å². The average molecular weight is 468 g/mol. The van der Waals surface area contributed by atoms with Crippen molar-refractivity contribution in [2.45, 2.75) is 31.8 Å². The van der Waals surface area contributed by atoms with E-state index in [-0.39, 0.29) is 28.6 Å². The summed E-state index contributed by atoms with van der Waals surface area (Å²) in [5.74, 6) is 0. The van der Waals surface area contributed by atoms with Gasteiger partial charge in [0.25, 0.3) is 5.56 Å². The first-order chi connectivity index (χ1) is 15.3. The van der Waals surface area contributed by atoms with Gasteiger partial charge in [0.2, 0.25) is 10.0 Å². The molecule has 4 aromatic rings. The molecule has 1 N–H and O–H groups in total. The smallest absolute Gasteiger partial charge is 0.252 e. The number of aryl methyl sites for hydroxylation is 2. The van der Waals surface area contributed by atoms with E-state index in [2.05, 4.69) is 9.97 Å². The molecule has 0 aliphatic carbocycles. The predicted molar refractivity (Wildman–Crippen MR) is 126 cm³/mol. The molecule has 0 saturated carbocycles. The summed E-state index contributed by atoms with van der Waals surface area (Å²) in [6, 6.07) is 15.5. The lowest BCUT2D eigenvalue weighted by Crippen LogP contribution is -2.32. The summed E-state index contributed by atoms with van der Waals surface area (Å²) in [5.41, 5.74) is 3.60. The Kier molecular flexibility index (Phi) is 6.15. The number of sulfonamides is 1. The van der Waals surface area contributed by atoms with Gasteiger partial charge in [0.1, 0.15) is 4.90 Å². The van der Waals surface area contributed by atoms with E-state index in [1.165, 1.54) is 16.4 Å². The van der Waals surface area contributed by atoms with Crippen LogP contribution in [-0.4, -0.2) is 22.7 Å². The van der Waals surface area contributed by atoms with Crippen LogP contribution in [0.2, 0.25) is 5.02 Å². The maximum absolute atomic E-state index is 13.5. The van der Waals surface area contributed by atoms with Crippen molar-refractivity contribution >= 4 is 32.5 Å². The van der Waals surface area contributed by atoms with E-state index >= 15 is 0 Å². The molecule has 0 saturated heterocycles. The topological polar surface area (TPSA) is 83.1 Å². The van der Waals surface area contributed by atoms with Crippen LogP contribution in [0.15, 0.2) is 76.7 Å². The predicted octanol–water partition coefficient (Wildman–Crippen LogP) is 4.58. The molecule has 0 spiro atoms. The van der Waals surface area contributed by atoms with Gasteiger partial charge >= 0.3 is 0 Å².